The van der Waals surface area contributed by atoms with Crippen molar-refractivity contribution in [2.75, 3.05) is 13.2 Å². The van der Waals surface area contributed by atoms with E-state index >= 15 is 0 Å². The second kappa shape index (κ2) is 11.8. The summed E-state index contributed by atoms with van der Waals surface area (Å²) in [5.74, 6) is -0.984. The van der Waals surface area contributed by atoms with Gasteiger partial charge in [-0.05, 0) is 0 Å². The van der Waals surface area contributed by atoms with Crippen molar-refractivity contribution in [2.45, 2.75) is 65.6 Å². The molecule has 2 aliphatic rings. The molecule has 4 unspecified atom stereocenters. The molecule has 2 aliphatic heterocycles. The van der Waals surface area contributed by atoms with E-state index in [-0.39, 0.29) is 5.69 Å². The molecule has 15 heteroatoms. The Morgan fingerprint density at radius 1 is 1.05 bits per heavy atom. The van der Waals surface area contributed by atoms with E-state index in [1.165, 1.54) is 36.0 Å². The molecule has 2 aromatic rings. The summed E-state index contributed by atoms with van der Waals surface area (Å²) in [7, 11) is 0. The Morgan fingerprint density at radius 2 is 1.70 bits per heavy atom. The molecule has 37 heavy (non-hydrogen) atoms. The van der Waals surface area contributed by atoms with Gasteiger partial charge in [0.1, 0.15) is 0 Å². The zero-order valence-electron chi connectivity index (χ0n) is 19.6. The van der Waals surface area contributed by atoms with Crippen LogP contribution in [-0.4, -0.2) is 132 Å². The van der Waals surface area contributed by atoms with Crippen LogP contribution in [-0.2, 0) is 14.3 Å². The summed E-state index contributed by atoms with van der Waals surface area (Å²) in [5, 5.41) is 71.1. The van der Waals surface area contributed by atoms with Crippen LogP contribution in [0, 0.1) is 5.82 Å². The molecule has 10 atom stereocenters. The number of rotatable bonds is 7. The molecule has 2 fully saturated rings. The Kier molecular flexibility index (Phi) is 8.91. The van der Waals surface area contributed by atoms with Crippen LogP contribution in [0.15, 0.2) is 30.5 Å². The standard InChI is InChI=1S/C22H29FN4O9Se/c1-9(30)24-15-17(31)13(7-28)35-21(19(15)33)37-22-20(34)16(18(32)14(8-29)36-22)27-6-12(25-26-27)10-3-2-4-11(23)5-10/h2-6,13-22,28-29,31-34H,7-8H2,1H3,(H,24,30)/t13?,14?,15?,16-,17-,18-,19+,20?,21-,22-/m0/s1. The third kappa shape index (κ3) is 5.86. The third-order valence-corrected chi connectivity index (χ3v) is 9.07. The quantitative estimate of drug-likeness (QED) is 0.159. The van der Waals surface area contributed by atoms with Crippen LogP contribution in [0.3, 0.4) is 0 Å². The second-order valence-electron chi connectivity index (χ2n) is 8.86. The summed E-state index contributed by atoms with van der Waals surface area (Å²) in [4.78, 5) is 11.6. The van der Waals surface area contributed by atoms with Gasteiger partial charge in [-0.25, -0.2) is 0 Å². The van der Waals surface area contributed by atoms with Gasteiger partial charge in [0.25, 0.3) is 0 Å². The van der Waals surface area contributed by atoms with E-state index in [0.29, 0.717) is 5.56 Å². The molecule has 4 rings (SSSR count). The normalized spacial score (nSPS) is 36.3. The number of benzene rings is 1. The average molecular weight is 591 g/mol. The Labute approximate surface area is 217 Å². The number of nitrogens with one attached hydrogen (secondary N) is 1. The van der Waals surface area contributed by atoms with Crippen molar-refractivity contribution in [1.82, 2.24) is 20.3 Å². The summed E-state index contributed by atoms with van der Waals surface area (Å²) in [5.41, 5.74) is 0.718. The van der Waals surface area contributed by atoms with Gasteiger partial charge in [-0.15, -0.1) is 0 Å². The van der Waals surface area contributed by atoms with Crippen LogP contribution in [0.2, 0.25) is 0 Å². The first-order valence-electron chi connectivity index (χ1n) is 11.5. The van der Waals surface area contributed by atoms with Gasteiger partial charge in [-0.1, -0.05) is 0 Å². The van der Waals surface area contributed by atoms with Crippen LogP contribution < -0.4 is 5.32 Å². The Balaban J connectivity index is 1.58. The second-order valence-corrected chi connectivity index (χ2v) is 11.4. The minimum atomic E-state index is -1.41. The van der Waals surface area contributed by atoms with Crippen molar-refractivity contribution in [1.29, 1.82) is 0 Å². The maximum atomic E-state index is 13.7. The summed E-state index contributed by atoms with van der Waals surface area (Å²) in [6, 6.07) is 3.39. The van der Waals surface area contributed by atoms with Crippen LogP contribution in [0.5, 0.6) is 0 Å². The average Bonchev–Trinajstić information content (AvgIpc) is 3.34. The van der Waals surface area contributed by atoms with Gasteiger partial charge in [0.05, 0.1) is 0 Å². The van der Waals surface area contributed by atoms with Gasteiger partial charge in [0.15, 0.2) is 0 Å². The van der Waals surface area contributed by atoms with E-state index in [9.17, 15) is 39.8 Å². The molecule has 204 valence electrons. The number of ether oxygens (including phenoxy) is 2. The number of aliphatic hydroxyl groups is 6. The molecule has 0 spiro atoms. The van der Waals surface area contributed by atoms with Crippen molar-refractivity contribution in [3.05, 3.63) is 36.3 Å². The van der Waals surface area contributed by atoms with E-state index < -0.39 is 98.6 Å². The molecule has 0 radical (unpaired) electrons. The molecule has 1 aromatic heterocycles. The minimum absolute atomic E-state index is 0.289. The number of aliphatic hydroxyl groups excluding tert-OH is 6. The molecule has 7 N–H and O–H groups in total. The number of nitrogens with zero attached hydrogens (tertiary/aromatic N) is 3. The fourth-order valence-corrected chi connectivity index (χ4v) is 7.22. The van der Waals surface area contributed by atoms with Crippen molar-refractivity contribution < 1.29 is 49.3 Å². The predicted octanol–water partition coefficient (Wildman–Crippen LogP) is -3.29. The van der Waals surface area contributed by atoms with Gasteiger partial charge in [0.2, 0.25) is 0 Å². The zero-order valence-corrected chi connectivity index (χ0v) is 21.3. The number of halogens is 1. The van der Waals surface area contributed by atoms with Gasteiger partial charge >= 0.3 is 217 Å². The van der Waals surface area contributed by atoms with Crippen LogP contribution in [0.4, 0.5) is 4.39 Å². The molecular weight excluding hydrogens is 562 g/mol. The number of hydrogen-bond acceptors (Lipinski definition) is 11. The van der Waals surface area contributed by atoms with Gasteiger partial charge in [-0.2, -0.15) is 0 Å². The summed E-state index contributed by atoms with van der Waals surface area (Å²) < 4.78 is 26.3. The number of hydrogen-bond donors (Lipinski definition) is 7. The maximum absolute atomic E-state index is 13.7. The first-order valence-corrected chi connectivity index (χ1v) is 13.5. The molecule has 0 saturated carbocycles. The summed E-state index contributed by atoms with van der Waals surface area (Å²) >= 11 is -0.916. The van der Waals surface area contributed by atoms with Crippen LogP contribution in [0.1, 0.15) is 13.0 Å². The molecule has 0 aliphatic carbocycles. The van der Waals surface area contributed by atoms with Crippen molar-refractivity contribution >= 4 is 20.9 Å². The monoisotopic (exact) mass is 592 g/mol. The molecule has 0 bridgehead atoms. The molecule has 1 amide bonds. The van der Waals surface area contributed by atoms with E-state index in [1.54, 1.807) is 6.07 Å². The third-order valence-electron chi connectivity index (χ3n) is 6.31. The molecular formula is C22H29FN4O9Se. The Bertz CT molecular complexity index is 1080. The molecule has 13 nitrogen and oxygen atoms in total. The van der Waals surface area contributed by atoms with Crippen molar-refractivity contribution in [3.8, 4) is 11.3 Å². The van der Waals surface area contributed by atoms with Crippen molar-refractivity contribution in [3.63, 3.8) is 0 Å². The summed E-state index contributed by atoms with van der Waals surface area (Å²) in [6.07, 6.45) is -6.42. The van der Waals surface area contributed by atoms with E-state index in [1.807, 2.05) is 0 Å². The number of aromatic nitrogens is 3. The van der Waals surface area contributed by atoms with Gasteiger partial charge in [-0.3, -0.25) is 0 Å². The molecule has 2 saturated heterocycles. The number of carbonyl (C=O) groups excluding carboxylic acids is 1. The number of amides is 1. The van der Waals surface area contributed by atoms with Gasteiger partial charge < -0.3 is 0 Å². The zero-order chi connectivity index (χ0) is 26.9. The van der Waals surface area contributed by atoms with Crippen molar-refractivity contribution in [2.24, 2.45) is 0 Å². The number of carbonyl (C=O) groups is 1. The van der Waals surface area contributed by atoms with Gasteiger partial charge in [0, 0.05) is 0 Å². The van der Waals surface area contributed by atoms with Crippen LogP contribution >= 0.6 is 0 Å². The van der Waals surface area contributed by atoms with E-state index in [0.717, 1.165) is 0 Å². The predicted molar refractivity (Wildman–Crippen MR) is 123 cm³/mol. The SMILES string of the molecule is CC(=O)NC1[C@@H](O)C(CO)O[C@@H]([Se][C@@H]2OC(CO)[C@H](O)[C@H](n3cc(-c4cccc(F)c4)nn3)C2O)[C@@H]1O. The fraction of sp³-hybridized carbons (Fsp3) is 0.591. The first-order chi connectivity index (χ1) is 17.6. The van der Waals surface area contributed by atoms with E-state index in [2.05, 4.69) is 15.6 Å². The topological polar surface area (TPSA) is 200 Å². The Hall–Kier alpha value is -2.04. The summed E-state index contributed by atoms with van der Waals surface area (Å²) in [6.45, 7) is 0.0288. The first kappa shape index (κ1) is 28.0. The van der Waals surface area contributed by atoms with E-state index in [4.69, 9.17) is 9.47 Å². The Morgan fingerprint density at radius 3 is 2.32 bits per heavy atom. The molecule has 3 heterocycles. The van der Waals surface area contributed by atoms with Crippen LogP contribution in [0.25, 0.3) is 11.3 Å². The molecule has 1 aromatic carbocycles. The fourth-order valence-electron chi connectivity index (χ4n) is 4.43.